The van der Waals surface area contributed by atoms with Gasteiger partial charge in [-0.25, -0.2) is 4.39 Å². The minimum absolute atomic E-state index is 0.0186. The van der Waals surface area contributed by atoms with Crippen molar-refractivity contribution in [3.63, 3.8) is 0 Å². The van der Waals surface area contributed by atoms with Crippen molar-refractivity contribution < 1.29 is 9.18 Å². The monoisotopic (exact) mass is 249 g/mol. The van der Waals surface area contributed by atoms with Gasteiger partial charge in [0.05, 0.1) is 12.1 Å². The van der Waals surface area contributed by atoms with Gasteiger partial charge in [0.2, 0.25) is 0 Å². The summed E-state index contributed by atoms with van der Waals surface area (Å²) in [4.78, 5) is 23.3. The van der Waals surface area contributed by atoms with Crippen molar-refractivity contribution in [3.05, 3.63) is 57.8 Å². The van der Waals surface area contributed by atoms with Crippen molar-refractivity contribution in [1.82, 2.24) is 9.78 Å². The Hall–Kier alpha value is -2.21. The smallest absolute Gasteiger partial charge is 0.273 e. The zero-order chi connectivity index (χ0) is 13.1. The average Bonchev–Trinajstić information content (AvgIpc) is 2.73. The van der Waals surface area contributed by atoms with Gasteiger partial charge in [-0.1, -0.05) is 12.1 Å². The first-order chi connectivity index (χ1) is 8.60. The summed E-state index contributed by atoms with van der Waals surface area (Å²) in [7, 11) is 0. The third kappa shape index (κ3) is 2.54. The van der Waals surface area contributed by atoms with E-state index < -0.39 is 11.5 Å². The minimum atomic E-state index is -0.442. The molecule has 2 rings (SSSR count). The Morgan fingerprint density at radius 3 is 2.56 bits per heavy atom. The molecule has 0 unspecified atom stereocenters. The fourth-order valence-corrected chi connectivity index (χ4v) is 1.59. The Balaban J connectivity index is 2.19. The molecule has 0 radical (unpaired) electrons. The number of hydrogen-bond acceptors (Lipinski definition) is 3. The van der Waals surface area contributed by atoms with Crippen molar-refractivity contribution in [2.24, 2.45) is 5.73 Å². The number of rotatable bonds is 3. The van der Waals surface area contributed by atoms with Gasteiger partial charge >= 0.3 is 0 Å². The van der Waals surface area contributed by atoms with Crippen molar-refractivity contribution in [2.45, 2.75) is 13.0 Å². The standard InChI is InChI=1S/C12H12FN3O2/c13-9-3-1-8(2-4-9)5-11(17)16-12(18)6-10(7-14)15-16/h1-4,6,15H,5,7,14H2. The predicted octanol–water partition coefficient (Wildman–Crippen LogP) is 0.657. The van der Waals surface area contributed by atoms with Gasteiger partial charge in [-0.2, -0.15) is 4.68 Å². The Morgan fingerprint density at radius 2 is 2.00 bits per heavy atom. The van der Waals surface area contributed by atoms with Gasteiger partial charge in [-0.05, 0) is 17.7 Å². The molecule has 1 heterocycles. The van der Waals surface area contributed by atoms with Crippen LogP contribution in [0.4, 0.5) is 4.39 Å². The second-order valence-electron chi connectivity index (χ2n) is 3.86. The molecular weight excluding hydrogens is 237 g/mol. The van der Waals surface area contributed by atoms with Crippen LogP contribution in [0.5, 0.6) is 0 Å². The Kier molecular flexibility index (Phi) is 3.38. The maximum absolute atomic E-state index is 12.7. The fraction of sp³-hybridized carbons (Fsp3) is 0.167. The number of carbonyl (C=O) groups is 1. The average molecular weight is 249 g/mol. The van der Waals surface area contributed by atoms with Crippen LogP contribution in [0.15, 0.2) is 35.1 Å². The van der Waals surface area contributed by atoms with Crippen LogP contribution in [0.3, 0.4) is 0 Å². The molecule has 0 saturated heterocycles. The topological polar surface area (TPSA) is 80.9 Å². The lowest BCUT2D eigenvalue weighted by atomic mass is 10.1. The molecule has 0 bridgehead atoms. The van der Waals surface area contributed by atoms with Gasteiger partial charge in [0.25, 0.3) is 11.5 Å². The van der Waals surface area contributed by atoms with Gasteiger partial charge in [0.1, 0.15) is 5.82 Å². The van der Waals surface area contributed by atoms with Gasteiger partial charge in [-0.15, -0.1) is 0 Å². The summed E-state index contributed by atoms with van der Waals surface area (Å²) in [6.45, 7) is 0.159. The highest BCUT2D eigenvalue weighted by Gasteiger charge is 2.11. The molecule has 0 amide bonds. The zero-order valence-electron chi connectivity index (χ0n) is 9.52. The van der Waals surface area contributed by atoms with E-state index in [2.05, 4.69) is 5.10 Å². The molecule has 0 aliphatic rings. The summed E-state index contributed by atoms with van der Waals surface area (Å²) in [5.41, 5.74) is 6.05. The van der Waals surface area contributed by atoms with Crippen LogP contribution in [-0.2, 0) is 13.0 Å². The number of carbonyl (C=O) groups excluding carboxylic acids is 1. The third-order valence-electron chi connectivity index (χ3n) is 2.51. The molecular formula is C12H12FN3O2. The first kappa shape index (κ1) is 12.3. The molecule has 18 heavy (non-hydrogen) atoms. The van der Waals surface area contributed by atoms with Gasteiger partial charge in [-0.3, -0.25) is 14.7 Å². The van der Waals surface area contributed by atoms with Crippen LogP contribution < -0.4 is 11.3 Å². The molecule has 3 N–H and O–H groups in total. The molecule has 0 aliphatic carbocycles. The van der Waals surface area contributed by atoms with E-state index in [9.17, 15) is 14.0 Å². The van der Waals surface area contributed by atoms with Crippen LogP contribution in [-0.4, -0.2) is 15.7 Å². The van der Waals surface area contributed by atoms with Crippen molar-refractivity contribution in [2.75, 3.05) is 0 Å². The molecule has 94 valence electrons. The quantitative estimate of drug-likeness (QED) is 0.838. The number of H-pyrrole nitrogens is 1. The molecule has 0 atom stereocenters. The van der Waals surface area contributed by atoms with Gasteiger partial charge in [0, 0.05) is 12.6 Å². The van der Waals surface area contributed by atoms with Gasteiger partial charge in [0.15, 0.2) is 0 Å². The normalized spacial score (nSPS) is 10.6. The molecule has 2 aromatic rings. The van der Waals surface area contributed by atoms with E-state index in [4.69, 9.17) is 5.73 Å². The molecule has 0 aliphatic heterocycles. The van der Waals surface area contributed by atoms with E-state index in [0.29, 0.717) is 11.3 Å². The second-order valence-corrected chi connectivity index (χ2v) is 3.86. The fourth-order valence-electron chi connectivity index (χ4n) is 1.59. The first-order valence-corrected chi connectivity index (χ1v) is 5.39. The van der Waals surface area contributed by atoms with Crippen molar-refractivity contribution >= 4 is 5.91 Å². The molecule has 6 heteroatoms. The maximum Gasteiger partial charge on any atom is 0.273 e. The third-order valence-corrected chi connectivity index (χ3v) is 2.51. The molecule has 0 fully saturated rings. The summed E-state index contributed by atoms with van der Waals surface area (Å²) in [5.74, 6) is -0.778. The Bertz CT molecular complexity index is 613. The second kappa shape index (κ2) is 4.97. The predicted molar refractivity (Wildman–Crippen MR) is 63.7 cm³/mol. The SMILES string of the molecule is NCc1cc(=O)n(C(=O)Cc2ccc(F)cc2)[nH]1. The number of nitrogens with one attached hydrogen (secondary N) is 1. The summed E-state index contributed by atoms with van der Waals surface area (Å²) >= 11 is 0. The van der Waals surface area contributed by atoms with Crippen LogP contribution in [0.2, 0.25) is 0 Å². The van der Waals surface area contributed by atoms with Crippen molar-refractivity contribution in [1.29, 1.82) is 0 Å². The number of aromatic amines is 1. The number of nitrogens with zero attached hydrogens (tertiary/aromatic N) is 1. The number of benzene rings is 1. The summed E-state index contributed by atoms with van der Waals surface area (Å²) < 4.78 is 13.6. The number of halogens is 1. The Morgan fingerprint density at radius 1 is 1.33 bits per heavy atom. The molecule has 0 spiro atoms. The molecule has 1 aromatic heterocycles. The molecule has 1 aromatic carbocycles. The lowest BCUT2D eigenvalue weighted by Crippen LogP contribution is -2.25. The van der Waals surface area contributed by atoms with Crippen LogP contribution in [0.1, 0.15) is 16.1 Å². The molecule has 5 nitrogen and oxygen atoms in total. The van der Waals surface area contributed by atoms with E-state index >= 15 is 0 Å². The largest absolute Gasteiger partial charge is 0.325 e. The van der Waals surface area contributed by atoms with E-state index in [0.717, 1.165) is 4.68 Å². The highest BCUT2D eigenvalue weighted by Crippen LogP contribution is 2.04. The lowest BCUT2D eigenvalue weighted by Gasteiger charge is -2.01. The van der Waals surface area contributed by atoms with E-state index in [1.807, 2.05) is 0 Å². The summed E-state index contributed by atoms with van der Waals surface area (Å²) in [6.07, 6.45) is 0.0186. The van der Waals surface area contributed by atoms with E-state index in [-0.39, 0.29) is 18.8 Å². The number of nitrogens with two attached hydrogens (primary N) is 1. The number of aromatic nitrogens is 2. The van der Waals surface area contributed by atoms with Gasteiger partial charge < -0.3 is 5.73 Å². The van der Waals surface area contributed by atoms with Crippen molar-refractivity contribution in [3.8, 4) is 0 Å². The maximum atomic E-state index is 12.7. The summed E-state index contributed by atoms with van der Waals surface area (Å²) in [6, 6.07) is 6.83. The minimum Gasteiger partial charge on any atom is -0.325 e. The first-order valence-electron chi connectivity index (χ1n) is 5.39. The lowest BCUT2D eigenvalue weighted by molar-refractivity contribution is 0.0894. The highest BCUT2D eigenvalue weighted by molar-refractivity contribution is 5.80. The highest BCUT2D eigenvalue weighted by atomic mass is 19.1. The van der Waals surface area contributed by atoms with Crippen LogP contribution in [0.25, 0.3) is 0 Å². The van der Waals surface area contributed by atoms with Crippen LogP contribution >= 0.6 is 0 Å². The van der Waals surface area contributed by atoms with E-state index in [1.54, 1.807) is 0 Å². The summed E-state index contributed by atoms with van der Waals surface area (Å²) in [5, 5.41) is 2.62. The van der Waals surface area contributed by atoms with E-state index in [1.165, 1.54) is 30.3 Å². The van der Waals surface area contributed by atoms with Crippen LogP contribution in [0, 0.1) is 5.82 Å². The number of hydrogen-bond donors (Lipinski definition) is 2. The zero-order valence-corrected chi connectivity index (χ0v) is 9.52. The molecule has 0 saturated carbocycles. The Labute approximate surface area is 102 Å².